The van der Waals surface area contributed by atoms with Gasteiger partial charge in [-0.25, -0.2) is 0 Å². The molecule has 0 saturated carbocycles. The summed E-state index contributed by atoms with van der Waals surface area (Å²) in [6, 6.07) is 0. The summed E-state index contributed by atoms with van der Waals surface area (Å²) in [5, 5.41) is -34.9. The highest BCUT2D eigenvalue weighted by atomic mass is 32.9. The molecule has 0 rings (SSSR count). The second kappa shape index (κ2) is 46.7. The van der Waals surface area contributed by atoms with Crippen LogP contribution < -0.4 is 0 Å². The normalized spacial score (nSPS) is 15.2. The monoisotopic (exact) mass is 2170 g/mol. The van der Waals surface area contributed by atoms with E-state index in [0.717, 1.165) is 0 Å². The van der Waals surface area contributed by atoms with Gasteiger partial charge in [-0.05, 0) is 225 Å². The molecule has 0 atom stereocenters. The molecule has 0 aliphatic carbocycles. The third-order valence-corrected chi connectivity index (χ3v) is 890. The Morgan fingerprint density at radius 3 is 0.157 bits per heavy atom. The van der Waals surface area contributed by atoms with Crippen molar-refractivity contribution in [2.45, 2.75) is 0 Å². The molecule has 0 N–H and O–H groups in total. The summed E-state index contributed by atoms with van der Waals surface area (Å²) in [6.45, 7) is 0. The van der Waals surface area contributed by atoms with Crippen molar-refractivity contribution in [3.05, 3.63) is 0 Å². The van der Waals surface area contributed by atoms with E-state index in [1.54, 1.807) is 0 Å². The van der Waals surface area contributed by atoms with Gasteiger partial charge in [0, 0.05) is 6.14 Å². The van der Waals surface area contributed by atoms with Crippen LogP contribution in [0.5, 0.6) is 0 Å². The van der Waals surface area contributed by atoms with Gasteiger partial charge in [-0.3, -0.25) is 0 Å². The summed E-state index contributed by atoms with van der Waals surface area (Å²) in [4.78, 5) is 0. The molecule has 0 bridgehead atoms. The first-order valence-electron chi connectivity index (χ1n) is 26.0. The number of rotatable bonds is 52. The van der Waals surface area contributed by atoms with Crippen molar-refractivity contribution in [3.63, 3.8) is 0 Å². The maximum absolute atomic E-state index is 3.75. The lowest BCUT2D eigenvalue weighted by atomic mass is 12.0. The molecule has 0 amide bonds. The summed E-state index contributed by atoms with van der Waals surface area (Å²) in [7, 11) is 0. The maximum Gasteiger partial charge on any atom is 0.220 e. The molecular weight excluding hydrogens is 2060 g/mol. The molecule has 0 aromatic carbocycles. The molecule has 0 saturated heterocycles. The fourth-order valence-corrected chi connectivity index (χ4v) is 2150. The zero-order valence-electron chi connectivity index (χ0n) is 59.2. The Morgan fingerprint density at radius 1 is 0.0787 bits per heavy atom. The fraction of sp³-hybridized carbons (Fsp3) is 1.00. The van der Waals surface area contributed by atoms with Gasteiger partial charge in [0.2, 0.25) is 60.5 Å². The van der Waals surface area contributed by atoms with E-state index in [1.807, 2.05) is 0 Å². The lowest BCUT2D eigenvalue weighted by Crippen LogP contribution is -3.25. The van der Waals surface area contributed by atoms with Crippen LogP contribution in [0.2, 0.25) is 0 Å². The SMILES string of the molecule is CS[Si](SC)(SC)[Si]([Si](SC)(SC)SC)([Si](SC)(SC)SC)[Si]([Si]([Si](SC)(SC)SC)([Si](SC)(SC)SC)[Si](SC)(SC)SC)([Si]([Si](SC)(SC)SC)([Si](SC)(SC)SC)[Si](SC)(SC)SC)[Si]([Si](SC)(SC)SC)([Si](SC)(SC)SC)[Si](SC)(SC)SC. The van der Waals surface area contributed by atoms with Crippen LogP contribution in [0.4, 0.5) is 0 Å². The average molecular weight is 2170 g/mol. The van der Waals surface area contributed by atoms with Crippen molar-refractivity contribution in [2.75, 3.05) is 225 Å². The van der Waals surface area contributed by atoms with E-state index < -0.39 is 91.2 Å². The Balaban J connectivity index is 17.3. The highest BCUT2D eigenvalue weighted by Gasteiger charge is 3.12. The highest BCUT2D eigenvalue weighted by Crippen LogP contribution is 2.86. The summed E-state index contributed by atoms with van der Waals surface area (Å²) < 4.78 is 0. The molecule has 536 valence electrons. The van der Waals surface area contributed by atoms with Crippen LogP contribution in [0.15, 0.2) is 0 Å². The van der Waals surface area contributed by atoms with Crippen LogP contribution in [0.3, 0.4) is 0 Å². The third kappa shape index (κ3) is 15.2. The Kier molecular flexibility index (Phi) is 55.3. The number of hydrogen-bond donors (Lipinski definition) is 0. The average Bonchev–Trinajstić information content (AvgIpc) is 0.588. The van der Waals surface area contributed by atoms with Crippen LogP contribution in [-0.4, -0.2) is 316 Å². The number of hydrogen-bond acceptors (Lipinski definition) is 36. The van der Waals surface area contributed by atoms with E-state index in [2.05, 4.69) is 629 Å². The fourth-order valence-electron chi connectivity index (χ4n) is 15.2. The molecule has 0 spiro atoms. The van der Waals surface area contributed by atoms with Gasteiger partial charge in [-0.1, -0.05) is 0 Å². The van der Waals surface area contributed by atoms with E-state index >= 15 is 0 Å². The second-order valence-corrected chi connectivity index (χ2v) is 348. The zero-order chi connectivity index (χ0) is 70.0. The van der Waals surface area contributed by atoms with E-state index in [-0.39, 0.29) is 0 Å². The van der Waals surface area contributed by atoms with Crippen molar-refractivity contribution in [2.24, 2.45) is 0 Å². The van der Waals surface area contributed by atoms with Crippen molar-refractivity contribution in [1.29, 1.82) is 0 Å². The topological polar surface area (TPSA) is 0 Å². The minimum Gasteiger partial charge on any atom is -0.169 e. The quantitative estimate of drug-likeness (QED) is 0.0530. The van der Waals surface area contributed by atoms with Gasteiger partial charge in [0.05, 0.1) is 0 Å². The summed E-state index contributed by atoms with van der Waals surface area (Å²) in [5.74, 6) is 0. The maximum atomic E-state index is 2.89. The highest BCUT2D eigenvalue weighted by molar-refractivity contribution is 9.23. The summed E-state index contributed by atoms with van der Waals surface area (Å²) >= 11 is 97.9. The van der Waals surface area contributed by atoms with Crippen LogP contribution in [0.25, 0.3) is 0 Å². The standard InChI is InChI=1S/C36H108S36Si17/c1-37-73(38-2,39-3)85(74(40-4,41-5)42-6,75(43-7,44-8)45-9)89(86(76(46-10,47-11)48-12,77(49-13,50-14)51-15)78(52-16,53-17)54-18,87(79(55-19,56-20)57-21,80(58-22,59-23)60-24)81(61-25,62-26)63-27)88(82(64-28,65-29)66-30,83(67-31,68-32)69-33)84(70-34,71-35)72-36/h1-36H3. The molecule has 0 heterocycles. The smallest absolute Gasteiger partial charge is 0.169 e. The van der Waals surface area contributed by atoms with Crippen LogP contribution in [-0.2, 0) is 0 Å². The molecule has 0 aromatic rings. The van der Waals surface area contributed by atoms with E-state index in [0.29, 0.717) is 0 Å². The first kappa shape index (κ1) is 105. The minimum atomic E-state index is -3.75. The molecule has 0 aromatic heterocycles. The lowest BCUT2D eigenvalue weighted by Gasteiger charge is -2.88. The van der Waals surface area contributed by atoms with Gasteiger partial charge in [0.15, 0.2) is 0 Å². The van der Waals surface area contributed by atoms with Gasteiger partial charge >= 0.3 is 0 Å². The van der Waals surface area contributed by atoms with E-state index in [1.165, 1.54) is 0 Å². The Bertz CT molecular complexity index is 1440. The Hall–Kier alpha value is 16.3. The van der Waals surface area contributed by atoms with Crippen LogP contribution >= 0.6 is 404 Å². The molecular formula is C36H108S36Si17. The second-order valence-electron chi connectivity index (χ2n) is 17.8. The van der Waals surface area contributed by atoms with Gasteiger partial charge in [0.1, 0.15) is 24.6 Å². The Labute approximate surface area is 705 Å². The molecule has 0 aliphatic heterocycles. The molecule has 0 aliphatic rings. The van der Waals surface area contributed by atoms with E-state index in [4.69, 9.17) is 0 Å². The molecule has 0 fully saturated rings. The van der Waals surface area contributed by atoms with E-state index in [9.17, 15) is 0 Å². The van der Waals surface area contributed by atoms with Gasteiger partial charge < -0.3 is 0 Å². The first-order valence-corrected chi connectivity index (χ1v) is 146. The third-order valence-electron chi connectivity index (χ3n) is 17.4. The van der Waals surface area contributed by atoms with Gasteiger partial charge in [-0.2, -0.15) is 404 Å². The van der Waals surface area contributed by atoms with Crippen LogP contribution in [0, 0.1) is 0 Å². The molecule has 0 radical (unpaired) electrons. The van der Waals surface area contributed by atoms with Crippen molar-refractivity contribution >= 4 is 495 Å². The molecule has 0 unspecified atom stereocenters. The van der Waals surface area contributed by atoms with Crippen molar-refractivity contribution in [1.82, 2.24) is 0 Å². The molecule has 0 nitrogen and oxygen atoms in total. The Morgan fingerprint density at radius 2 is 0.124 bits per heavy atom. The molecule has 53 heteroatoms. The lowest BCUT2D eigenvalue weighted by molar-refractivity contribution is 2.49. The largest absolute Gasteiger partial charge is 0.220 e. The van der Waals surface area contributed by atoms with Crippen molar-refractivity contribution in [3.8, 4) is 0 Å². The van der Waals surface area contributed by atoms with Gasteiger partial charge in [-0.15, -0.1) is 0 Å². The minimum absolute atomic E-state index is 2.72. The van der Waals surface area contributed by atoms with Gasteiger partial charge in [0.25, 0.3) is 0 Å². The predicted molar refractivity (Wildman–Crippen MR) is 584 cm³/mol. The predicted octanol–water partition coefficient (Wildman–Crippen LogP) is 22.8. The molecule has 89 heavy (non-hydrogen) atoms. The summed E-state index contributed by atoms with van der Waals surface area (Å²) in [6.07, 6.45) is 86.8. The van der Waals surface area contributed by atoms with Crippen molar-refractivity contribution < 1.29 is 0 Å². The first-order chi connectivity index (χ1) is 42.2. The summed E-state index contributed by atoms with van der Waals surface area (Å²) in [5.41, 5.74) is 0. The zero-order valence-corrected chi connectivity index (χ0v) is 106. The van der Waals surface area contributed by atoms with Crippen LogP contribution in [0.1, 0.15) is 0 Å².